The number of halogens is 1. The van der Waals surface area contributed by atoms with E-state index in [0.717, 1.165) is 16.7 Å². The van der Waals surface area contributed by atoms with Gasteiger partial charge in [0.2, 0.25) is 5.91 Å². The first-order valence-electron chi connectivity index (χ1n) is 11.4. The Balaban J connectivity index is 1.35. The molecule has 1 aliphatic heterocycles. The number of hydrogen-bond acceptors (Lipinski definition) is 8. The van der Waals surface area contributed by atoms with Crippen LogP contribution in [-0.2, 0) is 17.6 Å². The van der Waals surface area contributed by atoms with Gasteiger partial charge in [0.25, 0.3) is 0 Å². The molecule has 0 bridgehead atoms. The monoisotopic (exact) mass is 478 g/mol. The third-order valence-corrected chi connectivity index (χ3v) is 6.50. The van der Waals surface area contributed by atoms with Crippen molar-refractivity contribution in [2.45, 2.75) is 32.7 Å². The van der Waals surface area contributed by atoms with Crippen molar-refractivity contribution in [2.24, 2.45) is 0 Å². The number of benzene rings is 1. The lowest BCUT2D eigenvalue weighted by atomic mass is 9.99. The Morgan fingerprint density at radius 3 is 2.83 bits per heavy atom. The first-order valence-corrected chi connectivity index (χ1v) is 11.4. The summed E-state index contributed by atoms with van der Waals surface area (Å²) in [5.41, 5.74) is 3.29. The first-order chi connectivity index (χ1) is 16.9. The SMILES string of the molecule is Cc1cc(CC(=O)N2CCN(CCc3ccc(F)c(C#N)c3C)[C@@H](CO)C2)cnc1-n1cnnn1. The highest BCUT2D eigenvalue weighted by molar-refractivity contribution is 5.79. The number of aliphatic hydroxyl groups is 1. The molecule has 4 rings (SSSR count). The number of carbonyl (C=O) groups is 1. The van der Waals surface area contributed by atoms with E-state index in [-0.39, 0.29) is 30.5 Å². The Morgan fingerprint density at radius 1 is 1.31 bits per heavy atom. The molecule has 35 heavy (non-hydrogen) atoms. The van der Waals surface area contributed by atoms with Crippen LogP contribution in [0, 0.1) is 31.0 Å². The first kappa shape index (κ1) is 24.4. The summed E-state index contributed by atoms with van der Waals surface area (Å²) in [6.45, 7) is 5.82. The van der Waals surface area contributed by atoms with Crippen molar-refractivity contribution in [1.82, 2.24) is 35.0 Å². The van der Waals surface area contributed by atoms with Gasteiger partial charge in [-0.1, -0.05) is 12.1 Å². The number of nitriles is 1. The van der Waals surface area contributed by atoms with Crippen molar-refractivity contribution >= 4 is 5.91 Å². The summed E-state index contributed by atoms with van der Waals surface area (Å²) >= 11 is 0. The lowest BCUT2D eigenvalue weighted by Gasteiger charge is -2.41. The highest BCUT2D eigenvalue weighted by atomic mass is 19.1. The van der Waals surface area contributed by atoms with Crippen LogP contribution in [0.4, 0.5) is 4.39 Å². The van der Waals surface area contributed by atoms with Crippen molar-refractivity contribution in [1.29, 1.82) is 5.26 Å². The number of piperazine rings is 1. The molecule has 1 saturated heterocycles. The molecule has 1 aliphatic rings. The molecule has 0 unspecified atom stereocenters. The van der Waals surface area contributed by atoms with Crippen LogP contribution in [0.15, 0.2) is 30.7 Å². The summed E-state index contributed by atoms with van der Waals surface area (Å²) in [5.74, 6) is 0.0792. The number of nitrogens with zero attached hydrogens (tertiary/aromatic N) is 8. The summed E-state index contributed by atoms with van der Waals surface area (Å²) in [6, 6.07) is 6.68. The Morgan fingerprint density at radius 2 is 2.14 bits per heavy atom. The quantitative estimate of drug-likeness (QED) is 0.533. The maximum Gasteiger partial charge on any atom is 0.227 e. The summed E-state index contributed by atoms with van der Waals surface area (Å²) in [5, 5.41) is 30.3. The fourth-order valence-electron chi connectivity index (χ4n) is 4.49. The molecule has 1 amide bonds. The van der Waals surface area contributed by atoms with Crippen LogP contribution < -0.4 is 0 Å². The number of rotatable bonds is 7. The predicted molar refractivity (Wildman–Crippen MR) is 124 cm³/mol. The standard InChI is InChI=1S/C24H27FN8O2/c1-16-9-18(12-27-24(16)33-15-28-29-30-33)10-23(35)32-8-7-31(20(13-32)14-34)6-5-19-3-4-22(25)21(11-26)17(19)2/h3-4,9,12,15,20,34H,5-8,10,13-14H2,1-2H3/t20-/m1/s1. The minimum Gasteiger partial charge on any atom is -0.395 e. The molecule has 0 radical (unpaired) electrons. The number of aromatic nitrogens is 5. The zero-order chi connectivity index (χ0) is 24.9. The molecule has 0 aliphatic carbocycles. The van der Waals surface area contributed by atoms with E-state index in [1.807, 2.05) is 19.1 Å². The van der Waals surface area contributed by atoms with E-state index in [2.05, 4.69) is 25.4 Å². The molecule has 3 aromatic rings. The maximum atomic E-state index is 13.8. The molecule has 1 N–H and O–H groups in total. The van der Waals surface area contributed by atoms with Gasteiger partial charge in [-0.15, -0.1) is 5.10 Å². The van der Waals surface area contributed by atoms with E-state index in [1.54, 1.807) is 24.1 Å². The van der Waals surface area contributed by atoms with Gasteiger partial charge in [0.1, 0.15) is 18.2 Å². The molecule has 0 saturated carbocycles. The minimum absolute atomic E-state index is 0.0208. The second-order valence-corrected chi connectivity index (χ2v) is 8.70. The molecule has 0 spiro atoms. The molecule has 3 heterocycles. The zero-order valence-electron chi connectivity index (χ0n) is 19.7. The summed E-state index contributed by atoms with van der Waals surface area (Å²) in [6.07, 6.45) is 3.97. The minimum atomic E-state index is -0.510. The normalized spacial score (nSPS) is 16.3. The zero-order valence-corrected chi connectivity index (χ0v) is 19.7. The number of hydrogen-bond donors (Lipinski definition) is 1. The molecule has 10 nitrogen and oxygen atoms in total. The Labute approximate surface area is 202 Å². The number of carbonyl (C=O) groups excluding carboxylic acids is 1. The molecular formula is C24H27FN8O2. The van der Waals surface area contributed by atoms with E-state index in [0.29, 0.717) is 44.0 Å². The molecule has 1 atom stereocenters. The number of aryl methyl sites for hydroxylation is 1. The predicted octanol–water partition coefficient (Wildman–Crippen LogP) is 0.975. The van der Waals surface area contributed by atoms with Gasteiger partial charge < -0.3 is 10.0 Å². The number of aliphatic hydroxyl groups excluding tert-OH is 1. The summed E-state index contributed by atoms with van der Waals surface area (Å²) < 4.78 is 15.3. The summed E-state index contributed by atoms with van der Waals surface area (Å²) in [4.78, 5) is 21.3. The lowest BCUT2D eigenvalue weighted by molar-refractivity contribution is -0.134. The smallest absolute Gasteiger partial charge is 0.227 e. The second-order valence-electron chi connectivity index (χ2n) is 8.70. The molecule has 11 heteroatoms. The van der Waals surface area contributed by atoms with Crippen LogP contribution in [0.2, 0.25) is 0 Å². The van der Waals surface area contributed by atoms with Gasteiger partial charge in [-0.2, -0.15) is 9.94 Å². The fraction of sp³-hybridized carbons (Fsp3) is 0.417. The van der Waals surface area contributed by atoms with Crippen LogP contribution in [0.5, 0.6) is 0 Å². The van der Waals surface area contributed by atoms with Gasteiger partial charge >= 0.3 is 0 Å². The van der Waals surface area contributed by atoms with Crippen molar-refractivity contribution < 1.29 is 14.3 Å². The highest BCUT2D eigenvalue weighted by Crippen LogP contribution is 2.19. The van der Waals surface area contributed by atoms with Crippen LogP contribution in [-0.4, -0.2) is 84.8 Å². The summed E-state index contributed by atoms with van der Waals surface area (Å²) in [7, 11) is 0. The lowest BCUT2D eigenvalue weighted by Crippen LogP contribution is -2.56. The maximum absolute atomic E-state index is 13.8. The van der Waals surface area contributed by atoms with E-state index < -0.39 is 5.82 Å². The second kappa shape index (κ2) is 10.7. The fourth-order valence-corrected chi connectivity index (χ4v) is 4.49. The molecule has 182 valence electrons. The van der Waals surface area contributed by atoms with Crippen LogP contribution >= 0.6 is 0 Å². The van der Waals surface area contributed by atoms with Gasteiger partial charge in [0.15, 0.2) is 5.82 Å². The average Bonchev–Trinajstić information content (AvgIpc) is 3.38. The Kier molecular flexibility index (Phi) is 7.43. The molecule has 1 aromatic carbocycles. The Hall–Kier alpha value is -3.75. The van der Waals surface area contributed by atoms with Crippen molar-refractivity contribution in [3.63, 3.8) is 0 Å². The van der Waals surface area contributed by atoms with Gasteiger partial charge in [-0.05, 0) is 59.0 Å². The van der Waals surface area contributed by atoms with E-state index in [1.165, 1.54) is 17.1 Å². The largest absolute Gasteiger partial charge is 0.395 e. The third-order valence-electron chi connectivity index (χ3n) is 6.50. The van der Waals surface area contributed by atoms with Crippen molar-refractivity contribution in [3.05, 3.63) is 64.4 Å². The number of amides is 1. The number of tetrazole rings is 1. The van der Waals surface area contributed by atoms with Crippen LogP contribution in [0.3, 0.4) is 0 Å². The van der Waals surface area contributed by atoms with E-state index in [4.69, 9.17) is 0 Å². The van der Waals surface area contributed by atoms with Gasteiger partial charge in [-0.25, -0.2) is 9.37 Å². The topological polar surface area (TPSA) is 124 Å². The highest BCUT2D eigenvalue weighted by Gasteiger charge is 2.29. The molecule has 1 fully saturated rings. The van der Waals surface area contributed by atoms with Crippen LogP contribution in [0.1, 0.15) is 27.8 Å². The molecule has 2 aromatic heterocycles. The number of pyridine rings is 1. The van der Waals surface area contributed by atoms with Crippen molar-refractivity contribution in [3.8, 4) is 11.9 Å². The van der Waals surface area contributed by atoms with Crippen molar-refractivity contribution in [2.75, 3.05) is 32.8 Å². The van der Waals surface area contributed by atoms with E-state index >= 15 is 0 Å². The van der Waals surface area contributed by atoms with Crippen LogP contribution in [0.25, 0.3) is 5.82 Å². The van der Waals surface area contributed by atoms with Gasteiger partial charge in [0.05, 0.1) is 24.6 Å². The Bertz CT molecular complexity index is 1240. The van der Waals surface area contributed by atoms with Gasteiger partial charge in [0, 0.05) is 32.4 Å². The average molecular weight is 479 g/mol. The van der Waals surface area contributed by atoms with Gasteiger partial charge in [-0.3, -0.25) is 9.69 Å². The third kappa shape index (κ3) is 5.34. The van der Waals surface area contributed by atoms with E-state index in [9.17, 15) is 19.6 Å². The molecular weight excluding hydrogens is 451 g/mol.